The Labute approximate surface area is 618 Å². The summed E-state index contributed by atoms with van der Waals surface area (Å²) in [5.74, 6) is 1.00. The molecule has 0 spiro atoms. The summed E-state index contributed by atoms with van der Waals surface area (Å²) in [6.07, 6.45) is 27.5. The molecule has 0 aliphatic heterocycles. The summed E-state index contributed by atoms with van der Waals surface area (Å²) in [7, 11) is 3.93. The molecule has 11 rings (SSSR count). The van der Waals surface area contributed by atoms with Crippen LogP contribution in [0.4, 0.5) is 47.1 Å². The Kier molecular flexibility index (Phi) is 32.4. The van der Waals surface area contributed by atoms with Crippen LogP contribution in [0.15, 0.2) is 86.0 Å². The minimum absolute atomic E-state index is 0.161. The second-order valence-electron chi connectivity index (χ2n) is 26.3. The molecule has 0 atom stereocenters. The van der Waals surface area contributed by atoms with E-state index in [9.17, 15) is 19.2 Å². The molecule has 32 nitrogen and oxygen atoms in total. The number of nitrogens with one attached hydrogen (secondary N) is 6. The van der Waals surface area contributed by atoms with Crippen molar-refractivity contribution in [1.82, 2.24) is 78.1 Å². The maximum atomic E-state index is 11.2. The molecule has 2 aromatic carbocycles. The van der Waals surface area contributed by atoms with Crippen LogP contribution in [0, 0.1) is 0 Å². The maximum Gasteiger partial charge on any atom is 0.323 e. The van der Waals surface area contributed by atoms with Crippen molar-refractivity contribution in [2.24, 2.45) is 0 Å². The Hall–Kier alpha value is -11.1. The molecule has 10 N–H and O–H groups in total. The number of fused-ring (bicyclic) bond motifs is 4. The van der Waals surface area contributed by atoms with Gasteiger partial charge in [0, 0.05) is 66.0 Å². The van der Waals surface area contributed by atoms with Gasteiger partial charge in [-0.1, -0.05) is 172 Å². The lowest BCUT2D eigenvalue weighted by molar-refractivity contribution is -0.138. The van der Waals surface area contributed by atoms with Gasteiger partial charge in [0.05, 0.1) is 25.3 Å². The quantitative estimate of drug-likeness (QED) is 0.0159. The molecule has 570 valence electrons. The van der Waals surface area contributed by atoms with Crippen molar-refractivity contribution in [3.05, 3.63) is 97.1 Å². The minimum Gasteiger partial charge on any atom is -0.480 e. The highest BCUT2D eigenvalue weighted by atomic mass is 16.4. The predicted molar refractivity (Wildman–Crippen MR) is 415 cm³/mol. The number of nitrogens with zero attached hydrogens (tertiary/aromatic N) is 18. The number of benzene rings is 2. The van der Waals surface area contributed by atoms with E-state index in [0.29, 0.717) is 105 Å². The molecule has 106 heavy (non-hydrogen) atoms. The average molecular weight is 1460 g/mol. The van der Waals surface area contributed by atoms with Gasteiger partial charge in [0.1, 0.15) is 26.2 Å². The number of unbranched alkanes of at least 4 members (excludes halogenated alkanes) is 9. The number of carbonyl (C=O) groups is 4. The minimum atomic E-state index is -0.941. The zero-order valence-electron chi connectivity index (χ0n) is 62.3. The number of aliphatic carboxylic acids is 4. The van der Waals surface area contributed by atoms with E-state index in [1.54, 1.807) is 9.13 Å². The number of hydrogen-bond donors (Lipinski definition) is 10. The molecule has 0 unspecified atom stereocenters. The van der Waals surface area contributed by atoms with Crippen LogP contribution < -0.4 is 41.7 Å². The van der Waals surface area contributed by atoms with Crippen LogP contribution in [0.25, 0.3) is 44.7 Å². The Morgan fingerprint density at radius 2 is 0.755 bits per heavy atom. The Morgan fingerprint density at radius 1 is 0.406 bits per heavy atom. The third-order valence-electron chi connectivity index (χ3n) is 17.4. The first-order valence-corrected chi connectivity index (χ1v) is 37.2. The van der Waals surface area contributed by atoms with Crippen molar-refractivity contribution in [1.29, 1.82) is 0 Å². The Bertz CT molecular complexity index is 4350. The van der Waals surface area contributed by atoms with E-state index in [0.717, 1.165) is 152 Å². The van der Waals surface area contributed by atoms with Gasteiger partial charge in [0.15, 0.2) is 67.9 Å². The highest BCUT2D eigenvalue weighted by Crippen LogP contribution is 2.29. The highest BCUT2D eigenvalue weighted by Gasteiger charge is 2.23. The standard InChI is InChI=1S/C20H26N6O2.C19H24N6O2.C18H28N6O2.C17H28N6O2/c1-3-4-8-11-21-20-23-18(25(2)12-15-9-6-5-7-10-15)17-19(24-20)26(14-22-17)13-16(27)28;1-2-3-7-10-20-19-23-17(21-11-14-8-5-4-6-9-14)16-18(24-19)25(13-22-16)12-15(26)27;1-2-3-7-10-19-18-22-16(21-13-8-5-4-6-9-13)15-17(23-18)24(12-20-15)11-14(25)26;1-4-6-8-9-18-17-20-15(22(3)10-7-5-2)14-16(21-17)23(12-19-14)11-13(24)25/h5-7,9-10,14H,3-4,8,11-13H2,1-2H3,(H,27,28)(H,21,23,24);4-6,8-9,13H,2-3,7,10-12H2,1H3,(H,26,27)(H2,20,21,23,24);12-13H,2-11H2,1H3,(H,25,26)(H2,19,21,22,23);12H,4-11H2,1-3H3,(H,24,25)(H,18,20,21). The number of carboxylic acids is 4. The predicted octanol–water partition coefficient (Wildman–Crippen LogP) is 12.3. The van der Waals surface area contributed by atoms with Gasteiger partial charge in [-0.05, 0) is 56.1 Å². The smallest absolute Gasteiger partial charge is 0.323 e. The molecular formula is C74H106N24O8. The number of hydrogen-bond acceptors (Lipinski definition) is 24. The van der Waals surface area contributed by atoms with Gasteiger partial charge in [-0.3, -0.25) is 19.2 Å². The summed E-state index contributed by atoms with van der Waals surface area (Å²) in [5.41, 5.74) is 6.82. The number of aromatic nitrogens is 16. The van der Waals surface area contributed by atoms with E-state index < -0.39 is 23.9 Å². The van der Waals surface area contributed by atoms with Crippen LogP contribution in [-0.4, -0.2) is 175 Å². The van der Waals surface area contributed by atoms with Gasteiger partial charge in [-0.15, -0.1) is 0 Å². The van der Waals surface area contributed by atoms with Gasteiger partial charge in [-0.25, -0.2) is 19.9 Å². The Morgan fingerprint density at radius 3 is 1.15 bits per heavy atom. The van der Waals surface area contributed by atoms with Gasteiger partial charge in [0.25, 0.3) is 0 Å². The van der Waals surface area contributed by atoms with Crippen molar-refractivity contribution in [3.63, 3.8) is 0 Å². The van der Waals surface area contributed by atoms with E-state index in [1.807, 2.05) is 67.5 Å². The van der Waals surface area contributed by atoms with Crippen molar-refractivity contribution in [2.75, 3.05) is 88.5 Å². The first-order chi connectivity index (χ1) is 51.5. The van der Waals surface area contributed by atoms with Crippen molar-refractivity contribution < 1.29 is 39.6 Å². The fourth-order valence-electron chi connectivity index (χ4n) is 11.8. The second kappa shape index (κ2) is 42.6. The van der Waals surface area contributed by atoms with Crippen molar-refractivity contribution in [3.8, 4) is 0 Å². The summed E-state index contributed by atoms with van der Waals surface area (Å²) in [6, 6.07) is 20.5. The normalized spacial score (nSPS) is 12.0. The van der Waals surface area contributed by atoms with Gasteiger partial charge in [0.2, 0.25) is 23.8 Å². The van der Waals surface area contributed by atoms with Gasteiger partial charge >= 0.3 is 23.9 Å². The second-order valence-corrected chi connectivity index (χ2v) is 26.3. The summed E-state index contributed by atoms with van der Waals surface area (Å²) in [6.45, 7) is 15.3. The van der Waals surface area contributed by atoms with Crippen molar-refractivity contribution in [2.45, 2.75) is 202 Å². The topological polar surface area (TPSA) is 402 Å². The lowest BCUT2D eigenvalue weighted by atomic mass is 9.95. The van der Waals surface area contributed by atoms with Crippen LogP contribution in [0.5, 0.6) is 0 Å². The molecule has 1 aliphatic carbocycles. The Balaban J connectivity index is 0.000000179. The van der Waals surface area contributed by atoms with E-state index in [-0.39, 0.29) is 26.2 Å². The van der Waals surface area contributed by atoms with Crippen LogP contribution in [0.1, 0.15) is 168 Å². The third-order valence-corrected chi connectivity index (χ3v) is 17.4. The molecular weight excluding hydrogens is 1350 g/mol. The van der Waals surface area contributed by atoms with E-state index in [2.05, 4.69) is 143 Å². The first kappa shape index (κ1) is 80.6. The molecule has 0 amide bonds. The van der Waals surface area contributed by atoms with Gasteiger partial charge in [-0.2, -0.15) is 39.9 Å². The van der Waals surface area contributed by atoms with E-state index >= 15 is 0 Å². The summed E-state index contributed by atoms with van der Waals surface area (Å²) >= 11 is 0. The number of rotatable bonds is 40. The van der Waals surface area contributed by atoms with Gasteiger partial charge < -0.3 is 80.4 Å². The molecule has 1 saturated carbocycles. The molecule has 1 aliphatic rings. The van der Waals surface area contributed by atoms with Crippen LogP contribution in [-0.2, 0) is 58.4 Å². The molecule has 0 bridgehead atoms. The monoisotopic (exact) mass is 1460 g/mol. The lowest BCUT2D eigenvalue weighted by Crippen LogP contribution is -2.23. The zero-order chi connectivity index (χ0) is 75.6. The van der Waals surface area contributed by atoms with Crippen LogP contribution >= 0.6 is 0 Å². The summed E-state index contributed by atoms with van der Waals surface area (Å²) < 4.78 is 6.16. The van der Waals surface area contributed by atoms with Crippen molar-refractivity contribution >= 4 is 116 Å². The molecule has 0 radical (unpaired) electrons. The highest BCUT2D eigenvalue weighted by molar-refractivity contribution is 5.88. The largest absolute Gasteiger partial charge is 0.480 e. The summed E-state index contributed by atoms with van der Waals surface area (Å²) in [4.78, 5) is 102. The first-order valence-electron chi connectivity index (χ1n) is 37.2. The molecule has 1 fully saturated rings. The zero-order valence-corrected chi connectivity index (χ0v) is 62.3. The molecule has 8 aromatic heterocycles. The SMILES string of the molecule is CCCCCNc1nc(N(C)CCCC)c2ncn(CC(=O)O)c2n1.CCCCCNc1nc(N(C)Cc2ccccc2)c2ncn(CC(=O)O)c2n1.CCCCCNc1nc(NC2CCCCC2)c2ncn(CC(=O)O)c2n1.CCCCCNc1nc(NCc2ccccc2)c2ncn(CC(=O)O)c2n1. The molecule has 0 saturated heterocycles. The van der Waals surface area contributed by atoms with E-state index in [1.165, 1.54) is 53.7 Å². The number of carboxylic acid groups (broad SMARTS) is 4. The lowest BCUT2D eigenvalue weighted by Gasteiger charge is -2.23. The average Bonchev–Trinajstić information content (AvgIpc) is 1.64. The number of imidazole rings is 4. The fourth-order valence-corrected chi connectivity index (χ4v) is 11.8. The number of anilines is 8. The third kappa shape index (κ3) is 24.8. The molecule has 10 aromatic rings. The summed E-state index contributed by atoms with van der Waals surface area (Å²) in [5, 5.41) is 56.3. The van der Waals surface area contributed by atoms with Crippen LogP contribution in [0.2, 0.25) is 0 Å². The fraction of sp³-hybridized carbons (Fsp3) is 0.514. The molecule has 8 heterocycles. The molecule has 32 heteroatoms. The maximum absolute atomic E-state index is 11.2. The van der Waals surface area contributed by atoms with E-state index in [4.69, 9.17) is 20.4 Å². The van der Waals surface area contributed by atoms with Crippen LogP contribution in [0.3, 0.4) is 0 Å².